The Bertz CT molecular complexity index is 590. The number of aryl methyl sites for hydroxylation is 2. The lowest BCUT2D eigenvalue weighted by molar-refractivity contribution is -0.137. The van der Waals surface area contributed by atoms with Crippen LogP contribution >= 0.6 is 11.3 Å². The molecule has 4 nitrogen and oxygen atoms in total. The molecule has 0 bridgehead atoms. The van der Waals surface area contributed by atoms with Crippen molar-refractivity contribution in [1.29, 1.82) is 0 Å². The second-order valence-electron chi connectivity index (χ2n) is 4.77. The number of thiophene rings is 1. The van der Waals surface area contributed by atoms with Crippen molar-refractivity contribution < 1.29 is 14.7 Å². The van der Waals surface area contributed by atoms with Crippen molar-refractivity contribution in [3.63, 3.8) is 0 Å². The molecule has 0 spiro atoms. The first kappa shape index (κ1) is 15.3. The number of nitrogens with one attached hydrogen (secondary N) is 1. The number of benzene rings is 1. The Morgan fingerprint density at radius 2 is 1.71 bits per heavy atom. The molecule has 110 valence electrons. The second kappa shape index (κ2) is 7.59. The molecule has 0 aliphatic rings. The molecule has 1 aromatic heterocycles. The normalized spacial score (nSPS) is 10.3. The third-order valence-electron chi connectivity index (χ3n) is 3.09. The van der Waals surface area contributed by atoms with Gasteiger partial charge in [0.1, 0.15) is 0 Å². The van der Waals surface area contributed by atoms with Crippen LogP contribution in [0.3, 0.4) is 0 Å². The molecule has 0 unspecified atom stereocenters. The third kappa shape index (κ3) is 5.39. The van der Waals surface area contributed by atoms with Crippen LogP contribution in [0.5, 0.6) is 0 Å². The number of carbonyl (C=O) groups excluding carboxylic acids is 1. The molecule has 0 aliphatic heterocycles. The highest BCUT2D eigenvalue weighted by molar-refractivity contribution is 7.07. The summed E-state index contributed by atoms with van der Waals surface area (Å²) in [4.78, 5) is 22.3. The van der Waals surface area contributed by atoms with E-state index in [1.165, 1.54) is 5.56 Å². The summed E-state index contributed by atoms with van der Waals surface area (Å²) in [6.07, 6.45) is 1.82. The molecular weight excluding hydrogens is 286 g/mol. The van der Waals surface area contributed by atoms with Gasteiger partial charge in [0.05, 0.1) is 0 Å². The Kier molecular flexibility index (Phi) is 5.51. The Hall–Kier alpha value is -2.14. The van der Waals surface area contributed by atoms with E-state index in [4.69, 9.17) is 5.11 Å². The molecule has 1 heterocycles. The van der Waals surface area contributed by atoms with Crippen LogP contribution in [0.1, 0.15) is 24.0 Å². The Morgan fingerprint density at radius 3 is 2.33 bits per heavy atom. The van der Waals surface area contributed by atoms with Gasteiger partial charge >= 0.3 is 5.97 Å². The maximum absolute atomic E-state index is 11.8. The molecule has 21 heavy (non-hydrogen) atoms. The van der Waals surface area contributed by atoms with E-state index in [9.17, 15) is 9.59 Å². The average Bonchev–Trinajstić information content (AvgIpc) is 2.98. The molecule has 0 saturated heterocycles. The van der Waals surface area contributed by atoms with Gasteiger partial charge in [0.2, 0.25) is 5.91 Å². The van der Waals surface area contributed by atoms with Gasteiger partial charge < -0.3 is 10.4 Å². The van der Waals surface area contributed by atoms with Crippen molar-refractivity contribution >= 4 is 28.9 Å². The largest absolute Gasteiger partial charge is 0.481 e. The summed E-state index contributed by atoms with van der Waals surface area (Å²) < 4.78 is 0. The zero-order valence-corrected chi connectivity index (χ0v) is 12.4. The standard InChI is InChI=1S/C16H17NO3S/c18-15(7-3-13-9-10-21-11-13)17-14-5-1-12(2-6-14)4-8-16(19)20/h1-2,5-6,9-11H,3-4,7-8H2,(H,17,18)(H,19,20). The number of anilines is 1. The number of amides is 1. The SMILES string of the molecule is O=C(O)CCc1ccc(NC(=O)CCc2ccsc2)cc1. The first-order valence-electron chi connectivity index (χ1n) is 6.75. The summed E-state index contributed by atoms with van der Waals surface area (Å²) in [7, 11) is 0. The molecule has 1 aromatic carbocycles. The van der Waals surface area contributed by atoms with Crippen LogP contribution in [-0.4, -0.2) is 17.0 Å². The molecular formula is C16H17NO3S. The molecule has 0 saturated carbocycles. The zero-order valence-electron chi connectivity index (χ0n) is 11.5. The van der Waals surface area contributed by atoms with Crippen LogP contribution in [0.25, 0.3) is 0 Å². The maximum Gasteiger partial charge on any atom is 0.303 e. The number of hydrogen-bond donors (Lipinski definition) is 2. The van der Waals surface area contributed by atoms with E-state index in [1.807, 2.05) is 29.0 Å². The lowest BCUT2D eigenvalue weighted by Crippen LogP contribution is -2.12. The molecule has 0 fully saturated rings. The zero-order chi connectivity index (χ0) is 15.1. The summed E-state index contributed by atoms with van der Waals surface area (Å²) in [6, 6.07) is 9.32. The summed E-state index contributed by atoms with van der Waals surface area (Å²) in [5.41, 5.74) is 2.87. The third-order valence-corrected chi connectivity index (χ3v) is 3.82. The van der Waals surface area contributed by atoms with Crippen molar-refractivity contribution in [1.82, 2.24) is 0 Å². The summed E-state index contributed by atoms with van der Waals surface area (Å²) >= 11 is 1.63. The molecule has 5 heteroatoms. The molecule has 2 rings (SSSR count). The Labute approximate surface area is 127 Å². The fraction of sp³-hybridized carbons (Fsp3) is 0.250. The van der Waals surface area contributed by atoms with Gasteiger partial charge in [0.15, 0.2) is 0 Å². The van der Waals surface area contributed by atoms with E-state index < -0.39 is 5.97 Å². The highest BCUT2D eigenvalue weighted by Crippen LogP contribution is 2.13. The smallest absolute Gasteiger partial charge is 0.303 e. The Morgan fingerprint density at radius 1 is 1.00 bits per heavy atom. The fourth-order valence-electron chi connectivity index (χ4n) is 1.92. The van der Waals surface area contributed by atoms with Gasteiger partial charge in [0, 0.05) is 18.5 Å². The van der Waals surface area contributed by atoms with Gasteiger partial charge in [-0.25, -0.2) is 0 Å². The summed E-state index contributed by atoms with van der Waals surface area (Å²) in [6.45, 7) is 0. The predicted octanol–water partition coefficient (Wildman–Crippen LogP) is 3.34. The number of rotatable bonds is 7. The van der Waals surface area contributed by atoms with E-state index in [0.717, 1.165) is 17.7 Å². The molecule has 2 aromatic rings. The van der Waals surface area contributed by atoms with E-state index in [-0.39, 0.29) is 12.3 Å². The number of hydrogen-bond acceptors (Lipinski definition) is 3. The number of carboxylic acid groups (broad SMARTS) is 1. The van der Waals surface area contributed by atoms with Crippen molar-refractivity contribution in [3.05, 3.63) is 52.2 Å². The molecule has 0 atom stereocenters. The summed E-state index contributed by atoms with van der Waals surface area (Å²) in [5.74, 6) is -0.819. The minimum absolute atomic E-state index is 0.0144. The van der Waals surface area contributed by atoms with Crippen LogP contribution in [-0.2, 0) is 22.4 Å². The number of aliphatic carboxylic acids is 1. The van der Waals surface area contributed by atoms with Crippen molar-refractivity contribution in [2.75, 3.05) is 5.32 Å². The number of carbonyl (C=O) groups is 2. The van der Waals surface area contributed by atoms with Gasteiger partial charge in [-0.3, -0.25) is 9.59 Å². The summed E-state index contributed by atoms with van der Waals surface area (Å²) in [5, 5.41) is 15.5. The van der Waals surface area contributed by atoms with Crippen LogP contribution in [0.15, 0.2) is 41.1 Å². The first-order chi connectivity index (χ1) is 10.1. The topological polar surface area (TPSA) is 66.4 Å². The fourth-order valence-corrected chi connectivity index (χ4v) is 2.63. The van der Waals surface area contributed by atoms with Crippen LogP contribution in [0.2, 0.25) is 0 Å². The van der Waals surface area contributed by atoms with E-state index >= 15 is 0 Å². The minimum Gasteiger partial charge on any atom is -0.481 e. The Balaban J connectivity index is 1.79. The molecule has 2 N–H and O–H groups in total. The van der Waals surface area contributed by atoms with Crippen molar-refractivity contribution in [2.45, 2.75) is 25.7 Å². The minimum atomic E-state index is -0.805. The molecule has 1 amide bonds. The van der Waals surface area contributed by atoms with Crippen LogP contribution in [0.4, 0.5) is 5.69 Å². The first-order valence-corrected chi connectivity index (χ1v) is 7.69. The van der Waals surface area contributed by atoms with Crippen LogP contribution < -0.4 is 5.32 Å². The highest BCUT2D eigenvalue weighted by Gasteiger charge is 2.04. The van der Waals surface area contributed by atoms with E-state index in [1.54, 1.807) is 23.5 Å². The predicted molar refractivity (Wildman–Crippen MR) is 83.7 cm³/mol. The lowest BCUT2D eigenvalue weighted by atomic mass is 10.1. The van der Waals surface area contributed by atoms with Gasteiger partial charge in [-0.05, 0) is 52.9 Å². The quantitative estimate of drug-likeness (QED) is 0.824. The molecule has 0 aliphatic carbocycles. The second-order valence-corrected chi connectivity index (χ2v) is 5.55. The van der Waals surface area contributed by atoms with Crippen LogP contribution in [0, 0.1) is 0 Å². The van der Waals surface area contributed by atoms with E-state index in [2.05, 4.69) is 5.32 Å². The van der Waals surface area contributed by atoms with Gasteiger partial charge in [-0.1, -0.05) is 12.1 Å². The lowest BCUT2D eigenvalue weighted by Gasteiger charge is -2.06. The monoisotopic (exact) mass is 303 g/mol. The molecule has 0 radical (unpaired) electrons. The van der Waals surface area contributed by atoms with Crippen molar-refractivity contribution in [2.24, 2.45) is 0 Å². The van der Waals surface area contributed by atoms with E-state index in [0.29, 0.717) is 12.8 Å². The average molecular weight is 303 g/mol. The van der Waals surface area contributed by atoms with Gasteiger partial charge in [-0.2, -0.15) is 11.3 Å². The van der Waals surface area contributed by atoms with Crippen molar-refractivity contribution in [3.8, 4) is 0 Å². The van der Waals surface area contributed by atoms with Gasteiger partial charge in [0.25, 0.3) is 0 Å². The maximum atomic E-state index is 11.8. The number of carboxylic acids is 1. The van der Waals surface area contributed by atoms with Gasteiger partial charge in [-0.15, -0.1) is 0 Å². The highest BCUT2D eigenvalue weighted by atomic mass is 32.1.